The Morgan fingerprint density at radius 3 is 2.14 bits per heavy atom. The molecule has 1 fully saturated rings. The first-order chi connectivity index (χ1) is 32.9. The van der Waals surface area contributed by atoms with Gasteiger partial charge in [0.1, 0.15) is 4.90 Å². The van der Waals surface area contributed by atoms with Crippen molar-refractivity contribution in [3.8, 4) is 11.1 Å². The Morgan fingerprint density at radius 1 is 0.886 bits per heavy atom. The molecule has 5 aromatic rings. The van der Waals surface area contributed by atoms with Crippen molar-refractivity contribution in [3.63, 3.8) is 0 Å². The average molecular weight is 1060 g/mol. The fourth-order valence-electron chi connectivity index (χ4n) is 7.87. The summed E-state index contributed by atoms with van der Waals surface area (Å²) in [6, 6.07) is 32.6. The molecule has 0 radical (unpaired) electrons. The van der Waals surface area contributed by atoms with E-state index in [1.807, 2.05) is 95.5 Å². The molecule has 1 unspecified atom stereocenters. The molecular weight excluding hydrogens is 997 g/mol. The minimum absolute atomic E-state index is 0.0214. The number of amides is 1. The van der Waals surface area contributed by atoms with Gasteiger partial charge in [0.25, 0.3) is 25.8 Å². The van der Waals surface area contributed by atoms with Gasteiger partial charge in [0.05, 0.1) is 16.7 Å². The maximum absolute atomic E-state index is 14.3. The molecule has 19 heteroatoms. The number of sulfonamides is 1. The highest BCUT2D eigenvalue weighted by atomic mass is 35.5. The van der Waals surface area contributed by atoms with Crippen LogP contribution >= 0.6 is 23.4 Å². The van der Waals surface area contributed by atoms with Crippen LogP contribution < -0.4 is 14.9 Å². The van der Waals surface area contributed by atoms with Crippen molar-refractivity contribution in [2.75, 3.05) is 55.8 Å². The van der Waals surface area contributed by atoms with Crippen LogP contribution in [0.5, 0.6) is 0 Å². The number of nitrogens with zero attached hydrogens (tertiary/aromatic N) is 2. The van der Waals surface area contributed by atoms with Crippen LogP contribution in [0.3, 0.4) is 0 Å². The molecule has 0 bridgehead atoms. The number of alkyl halides is 3. The van der Waals surface area contributed by atoms with Gasteiger partial charge in [-0.3, -0.25) is 4.79 Å². The van der Waals surface area contributed by atoms with Crippen LogP contribution in [0.4, 0.5) is 24.5 Å². The number of carbonyl (C=O) groups is 1. The van der Waals surface area contributed by atoms with Crippen LogP contribution in [0.25, 0.3) is 11.1 Å². The number of hydrogen-bond donors (Lipinski definition) is 3. The van der Waals surface area contributed by atoms with Gasteiger partial charge in [-0.1, -0.05) is 87.0 Å². The van der Waals surface area contributed by atoms with E-state index in [-0.39, 0.29) is 16.5 Å². The summed E-state index contributed by atoms with van der Waals surface area (Å²) in [6.07, 6.45) is 1.03. The summed E-state index contributed by atoms with van der Waals surface area (Å²) in [4.78, 5) is 16.3. The third-order valence-corrected chi connectivity index (χ3v) is 22.0. The van der Waals surface area contributed by atoms with E-state index >= 15 is 0 Å². The van der Waals surface area contributed by atoms with Crippen LogP contribution in [-0.2, 0) is 24.3 Å². The highest BCUT2D eigenvalue weighted by Gasteiger charge is 2.48. The lowest BCUT2D eigenvalue weighted by Gasteiger charge is -2.36. The Bertz CT molecular complexity index is 2780. The highest BCUT2D eigenvalue weighted by molar-refractivity contribution is 7.99. The van der Waals surface area contributed by atoms with Crippen molar-refractivity contribution in [1.82, 2.24) is 9.62 Å². The molecule has 0 saturated carbocycles. The summed E-state index contributed by atoms with van der Waals surface area (Å²) in [6.45, 7) is 13.6. The maximum Gasteiger partial charge on any atom is 0.501 e. The minimum atomic E-state index is -6.10. The van der Waals surface area contributed by atoms with E-state index < -0.39 is 67.2 Å². The van der Waals surface area contributed by atoms with Crippen LogP contribution in [0, 0.1) is 5.92 Å². The molecule has 6 rings (SSSR count). The summed E-state index contributed by atoms with van der Waals surface area (Å²) in [5.41, 5.74) is -2.77. The summed E-state index contributed by atoms with van der Waals surface area (Å²) in [5.74, 6) is -0.750. The second-order valence-corrected chi connectivity index (χ2v) is 29.0. The Hall–Kier alpha value is -4.40. The van der Waals surface area contributed by atoms with Crippen molar-refractivity contribution in [2.24, 2.45) is 5.92 Å². The predicted octanol–water partition coefficient (Wildman–Crippen LogP) is 11.3. The van der Waals surface area contributed by atoms with Crippen molar-refractivity contribution in [3.05, 3.63) is 137 Å². The van der Waals surface area contributed by atoms with Gasteiger partial charge >= 0.3 is 5.51 Å². The summed E-state index contributed by atoms with van der Waals surface area (Å²) >= 11 is 7.54. The van der Waals surface area contributed by atoms with Crippen LogP contribution in [0.2, 0.25) is 23.2 Å². The number of likely N-dealkylation sites (N-methyl/N-ethyl adjacent to an activating group) is 1. The monoisotopic (exact) mass is 1060 g/mol. The summed E-state index contributed by atoms with van der Waals surface area (Å²) in [7, 11) is -11.1. The van der Waals surface area contributed by atoms with E-state index in [4.69, 9.17) is 16.0 Å². The molecule has 378 valence electrons. The van der Waals surface area contributed by atoms with E-state index in [1.54, 1.807) is 12.1 Å². The van der Waals surface area contributed by atoms with Gasteiger partial charge in [-0.2, -0.15) is 13.2 Å². The number of anilines is 2. The van der Waals surface area contributed by atoms with E-state index in [2.05, 4.69) is 44.1 Å². The predicted molar refractivity (Wildman–Crippen MR) is 277 cm³/mol. The normalized spacial score (nSPS) is 15.2. The SMILES string of the molecule is CN(CCO[Si](C)(C)C(C)(C)C)CC[C@H](CSc1ccccc1)Nc1ccc(S(=O)(=O)NC(=O)c2ccc(N3CCC(C(O)c4ccccc4-c4ccc(Cl)cc4)CC3)cc2)cc1S(=O)(=O)C(F)(F)F. The number of thioether (sulfide) groups is 1. The van der Waals surface area contributed by atoms with Crippen molar-refractivity contribution in [2.45, 2.75) is 90.5 Å². The van der Waals surface area contributed by atoms with Crippen molar-refractivity contribution in [1.29, 1.82) is 0 Å². The molecule has 1 saturated heterocycles. The van der Waals surface area contributed by atoms with Gasteiger partial charge in [0, 0.05) is 59.2 Å². The second-order valence-electron chi connectivity index (χ2n) is 19.1. The zero-order valence-corrected chi connectivity index (χ0v) is 44.4. The van der Waals surface area contributed by atoms with Crippen molar-refractivity contribution >= 4 is 68.8 Å². The number of hydrogen-bond acceptors (Lipinski definition) is 11. The summed E-state index contributed by atoms with van der Waals surface area (Å²) < 4.78 is 105. The topological polar surface area (TPSA) is 145 Å². The highest BCUT2D eigenvalue weighted by Crippen LogP contribution is 2.40. The lowest BCUT2D eigenvalue weighted by Crippen LogP contribution is -2.42. The van der Waals surface area contributed by atoms with Gasteiger partial charge in [-0.15, -0.1) is 11.8 Å². The number of halogens is 4. The quantitative estimate of drug-likeness (QED) is 0.0506. The largest absolute Gasteiger partial charge is 0.501 e. The Morgan fingerprint density at radius 2 is 1.51 bits per heavy atom. The Kier molecular flexibility index (Phi) is 18.0. The fourth-order valence-corrected chi connectivity index (χ4v) is 12.0. The number of piperidine rings is 1. The molecule has 0 aliphatic carbocycles. The zero-order valence-electron chi connectivity index (χ0n) is 40.2. The van der Waals surface area contributed by atoms with Gasteiger partial charge in [-0.05, 0) is 140 Å². The first kappa shape index (κ1) is 54.9. The van der Waals surface area contributed by atoms with E-state index in [1.165, 1.54) is 23.9 Å². The first-order valence-electron chi connectivity index (χ1n) is 23.0. The maximum atomic E-state index is 14.3. The molecule has 1 aliphatic rings. The van der Waals surface area contributed by atoms with Crippen LogP contribution in [0.1, 0.15) is 62.1 Å². The molecule has 1 aliphatic heterocycles. The standard InChI is InChI=1S/C51H62ClF3N4O7S3Si/c1-50(2,3)70(5,6)66-33-32-58(4)29-28-40(35-67-42-12-8-7-9-13-42)56-46-25-24-43(34-47(46)68(62,63)51(53,54)55)69(64,65)57-49(61)38-18-22-41(23-19-38)59-30-26-37(27-31-59)48(60)45-15-11-10-14-44(45)36-16-20-39(52)21-17-36/h7-25,34,37,40,48,56,60H,26-33,35H2,1-6H3,(H,57,61)/t40-,48?/m1/s1. The number of aliphatic hydroxyl groups excluding tert-OH is 1. The lowest BCUT2D eigenvalue weighted by atomic mass is 9.84. The number of carbonyl (C=O) groups excluding carboxylic acids is 1. The van der Waals surface area contributed by atoms with Crippen LogP contribution in [0.15, 0.2) is 136 Å². The third kappa shape index (κ3) is 14.0. The minimum Gasteiger partial charge on any atom is -0.416 e. The molecular formula is C51H62ClF3N4O7S3Si. The molecule has 70 heavy (non-hydrogen) atoms. The first-order valence-corrected chi connectivity index (χ1v) is 30.3. The Labute approximate surface area is 421 Å². The van der Waals surface area contributed by atoms with Gasteiger partial charge < -0.3 is 24.6 Å². The molecule has 2 atom stereocenters. The number of sulfone groups is 1. The molecule has 5 aromatic carbocycles. The summed E-state index contributed by atoms with van der Waals surface area (Å²) in [5, 5.41) is 15.2. The zero-order chi connectivity index (χ0) is 51.1. The molecule has 1 amide bonds. The average Bonchev–Trinajstić information content (AvgIpc) is 3.32. The Balaban J connectivity index is 1.13. The smallest absolute Gasteiger partial charge is 0.416 e. The number of aliphatic hydroxyl groups is 1. The number of rotatable bonds is 20. The molecule has 1 heterocycles. The number of nitrogens with one attached hydrogen (secondary N) is 2. The third-order valence-electron chi connectivity index (χ3n) is 13.2. The van der Waals surface area contributed by atoms with Gasteiger partial charge in [-0.25, -0.2) is 21.6 Å². The molecule has 11 nitrogen and oxygen atoms in total. The van der Waals surface area contributed by atoms with E-state index in [0.717, 1.165) is 39.4 Å². The lowest BCUT2D eigenvalue weighted by molar-refractivity contribution is -0.0435. The second kappa shape index (κ2) is 23.0. The van der Waals surface area contributed by atoms with Gasteiger partial charge in [0.2, 0.25) is 0 Å². The molecule has 3 N–H and O–H groups in total. The molecule has 0 spiro atoms. The fraction of sp³-hybridized carbons (Fsp3) is 0.392. The molecule has 0 aromatic heterocycles. The van der Waals surface area contributed by atoms with Crippen LogP contribution in [-0.4, -0.2) is 98.2 Å². The van der Waals surface area contributed by atoms with Gasteiger partial charge in [0.15, 0.2) is 8.32 Å². The van der Waals surface area contributed by atoms with E-state index in [0.29, 0.717) is 68.9 Å². The van der Waals surface area contributed by atoms with E-state index in [9.17, 15) is 39.9 Å². The van der Waals surface area contributed by atoms with Crippen molar-refractivity contribution < 1.29 is 44.3 Å². The number of benzene rings is 5.